The van der Waals surface area contributed by atoms with Crippen LogP contribution in [0.5, 0.6) is 0 Å². The van der Waals surface area contributed by atoms with Crippen LogP contribution < -0.4 is 0 Å². The van der Waals surface area contributed by atoms with Crippen LogP contribution in [0.1, 0.15) is 29.5 Å². The summed E-state index contributed by atoms with van der Waals surface area (Å²) >= 11 is 0. The molecule has 0 aliphatic carbocycles. The van der Waals surface area contributed by atoms with E-state index >= 15 is 0 Å². The SMILES string of the molecule is O=POCC(CCc1ccccc1)(CCc1ccccc1)c1ccccc1. The van der Waals surface area contributed by atoms with Gasteiger partial charge >= 0.3 is 8.69 Å². The Labute approximate surface area is 163 Å². The summed E-state index contributed by atoms with van der Waals surface area (Å²) in [6, 6.07) is 31.6. The summed E-state index contributed by atoms with van der Waals surface area (Å²) in [4.78, 5) is 0. The minimum absolute atomic E-state index is 0.176. The van der Waals surface area contributed by atoms with E-state index in [0.717, 1.165) is 25.7 Å². The Morgan fingerprint density at radius 2 is 1.11 bits per heavy atom. The number of hydrogen-bond donors (Lipinski definition) is 0. The van der Waals surface area contributed by atoms with E-state index in [2.05, 4.69) is 72.8 Å². The number of rotatable bonds is 10. The Bertz CT molecular complexity index is 760. The molecule has 3 rings (SSSR count). The maximum Gasteiger partial charge on any atom is 0.327 e. The Hall–Kier alpha value is -2.28. The second-order valence-corrected chi connectivity index (χ2v) is 7.37. The second-order valence-electron chi connectivity index (χ2n) is 6.97. The average Bonchev–Trinajstić information content (AvgIpc) is 2.76. The van der Waals surface area contributed by atoms with Crippen LogP contribution >= 0.6 is 8.69 Å². The molecule has 0 radical (unpaired) electrons. The van der Waals surface area contributed by atoms with Gasteiger partial charge in [-0.2, -0.15) is 0 Å². The zero-order valence-corrected chi connectivity index (χ0v) is 16.4. The molecule has 0 heterocycles. The van der Waals surface area contributed by atoms with Crippen molar-refractivity contribution >= 4 is 8.69 Å². The fourth-order valence-electron chi connectivity index (χ4n) is 3.64. The highest BCUT2D eigenvalue weighted by Gasteiger charge is 2.32. The number of aryl methyl sites for hydroxylation is 2. The van der Waals surface area contributed by atoms with Gasteiger partial charge in [0.2, 0.25) is 0 Å². The number of benzene rings is 3. The molecule has 0 bridgehead atoms. The molecule has 0 fully saturated rings. The fraction of sp³-hybridized carbons (Fsp3) is 0.250. The normalized spacial score (nSPS) is 11.6. The summed E-state index contributed by atoms with van der Waals surface area (Å²) in [6.07, 6.45) is 3.82. The highest BCUT2D eigenvalue weighted by atomic mass is 31.1. The van der Waals surface area contributed by atoms with E-state index < -0.39 is 0 Å². The summed E-state index contributed by atoms with van der Waals surface area (Å²) in [5.74, 6) is 0. The van der Waals surface area contributed by atoms with E-state index in [-0.39, 0.29) is 14.1 Å². The van der Waals surface area contributed by atoms with Crippen molar-refractivity contribution in [1.29, 1.82) is 0 Å². The smallest absolute Gasteiger partial charge is 0.293 e. The maximum atomic E-state index is 11.1. The van der Waals surface area contributed by atoms with E-state index in [1.807, 2.05) is 18.2 Å². The van der Waals surface area contributed by atoms with Crippen molar-refractivity contribution in [1.82, 2.24) is 0 Å². The van der Waals surface area contributed by atoms with Crippen LogP contribution in [0.2, 0.25) is 0 Å². The van der Waals surface area contributed by atoms with Gasteiger partial charge in [0.15, 0.2) is 0 Å². The molecular weight excluding hydrogens is 351 g/mol. The van der Waals surface area contributed by atoms with Crippen LogP contribution in [-0.2, 0) is 27.3 Å². The third-order valence-corrected chi connectivity index (χ3v) is 5.48. The summed E-state index contributed by atoms with van der Waals surface area (Å²) in [7, 11) is -0.258. The van der Waals surface area contributed by atoms with Crippen LogP contribution in [0.25, 0.3) is 0 Å². The molecule has 138 valence electrons. The summed E-state index contributed by atoms with van der Waals surface area (Å²) < 4.78 is 16.6. The zero-order valence-electron chi connectivity index (χ0n) is 15.5. The molecule has 0 aliphatic rings. The Kier molecular flexibility index (Phi) is 7.33. The molecule has 0 amide bonds. The monoisotopic (exact) mass is 376 g/mol. The van der Waals surface area contributed by atoms with Crippen molar-refractivity contribution in [2.24, 2.45) is 0 Å². The van der Waals surface area contributed by atoms with Gasteiger partial charge in [-0.3, -0.25) is 4.52 Å². The van der Waals surface area contributed by atoms with Gasteiger partial charge in [0.1, 0.15) is 0 Å². The molecule has 0 aromatic heterocycles. The summed E-state index contributed by atoms with van der Waals surface area (Å²) in [5.41, 5.74) is 3.71. The van der Waals surface area contributed by atoms with E-state index in [1.54, 1.807) is 0 Å². The van der Waals surface area contributed by atoms with Crippen molar-refractivity contribution in [2.45, 2.75) is 31.1 Å². The van der Waals surface area contributed by atoms with Gasteiger partial charge in [0.25, 0.3) is 0 Å². The van der Waals surface area contributed by atoms with Gasteiger partial charge < -0.3 is 0 Å². The molecular formula is C24H25O2P. The van der Waals surface area contributed by atoms with Gasteiger partial charge in [-0.05, 0) is 42.4 Å². The lowest BCUT2D eigenvalue weighted by molar-refractivity contribution is 0.208. The van der Waals surface area contributed by atoms with Crippen LogP contribution in [-0.4, -0.2) is 6.61 Å². The molecule has 3 aromatic rings. The van der Waals surface area contributed by atoms with Gasteiger partial charge in [-0.1, -0.05) is 91.0 Å². The van der Waals surface area contributed by atoms with Gasteiger partial charge in [0, 0.05) is 5.41 Å². The first-order chi connectivity index (χ1) is 13.3. The van der Waals surface area contributed by atoms with E-state index in [1.165, 1.54) is 16.7 Å². The van der Waals surface area contributed by atoms with Crippen molar-refractivity contribution in [3.05, 3.63) is 108 Å². The van der Waals surface area contributed by atoms with Gasteiger partial charge in [-0.25, -0.2) is 4.57 Å². The van der Waals surface area contributed by atoms with Crippen molar-refractivity contribution < 1.29 is 9.09 Å². The van der Waals surface area contributed by atoms with Crippen LogP contribution in [0, 0.1) is 0 Å². The molecule has 0 atom stereocenters. The lowest BCUT2D eigenvalue weighted by atomic mass is 9.72. The molecule has 3 heteroatoms. The predicted molar refractivity (Wildman–Crippen MR) is 111 cm³/mol. The summed E-state index contributed by atoms with van der Waals surface area (Å²) in [5, 5.41) is 0. The lowest BCUT2D eigenvalue weighted by Gasteiger charge is -2.34. The van der Waals surface area contributed by atoms with Crippen LogP contribution in [0.3, 0.4) is 0 Å². The largest absolute Gasteiger partial charge is 0.327 e. The molecule has 0 spiro atoms. The van der Waals surface area contributed by atoms with E-state index in [4.69, 9.17) is 4.52 Å². The zero-order chi connectivity index (χ0) is 18.8. The van der Waals surface area contributed by atoms with Crippen molar-refractivity contribution in [3.63, 3.8) is 0 Å². The van der Waals surface area contributed by atoms with E-state index in [9.17, 15) is 4.57 Å². The molecule has 0 unspecified atom stereocenters. The van der Waals surface area contributed by atoms with Crippen LogP contribution in [0.15, 0.2) is 91.0 Å². The summed E-state index contributed by atoms with van der Waals surface area (Å²) in [6.45, 7) is 0.446. The third kappa shape index (κ3) is 5.60. The first-order valence-electron chi connectivity index (χ1n) is 9.40. The quantitative estimate of drug-likeness (QED) is 0.382. The predicted octanol–water partition coefficient (Wildman–Crippen LogP) is 6.41. The molecule has 2 nitrogen and oxygen atoms in total. The maximum absolute atomic E-state index is 11.1. The molecule has 0 aliphatic heterocycles. The van der Waals surface area contributed by atoms with E-state index in [0.29, 0.717) is 6.61 Å². The number of hydrogen-bond acceptors (Lipinski definition) is 2. The standard InChI is InChI=1S/C24H25O2P/c25-27-26-20-24(23-14-8-3-9-15-23,18-16-21-10-4-1-5-11-21)19-17-22-12-6-2-7-13-22/h1-15H,16-20H2. The topological polar surface area (TPSA) is 26.3 Å². The second kappa shape index (κ2) is 10.2. The highest BCUT2D eigenvalue weighted by molar-refractivity contribution is 7.17. The molecule has 27 heavy (non-hydrogen) atoms. The minimum atomic E-state index is -0.258. The third-order valence-electron chi connectivity index (χ3n) is 5.25. The van der Waals surface area contributed by atoms with Crippen molar-refractivity contribution in [2.75, 3.05) is 6.61 Å². The Balaban J connectivity index is 1.86. The average molecular weight is 376 g/mol. The Morgan fingerprint density at radius 1 is 0.667 bits per heavy atom. The molecule has 0 saturated heterocycles. The minimum Gasteiger partial charge on any atom is -0.293 e. The molecule has 0 saturated carbocycles. The molecule has 3 aromatic carbocycles. The highest BCUT2D eigenvalue weighted by Crippen LogP contribution is 2.36. The fourth-order valence-corrected chi connectivity index (χ4v) is 3.94. The van der Waals surface area contributed by atoms with Gasteiger partial charge in [0.05, 0.1) is 6.61 Å². The molecule has 0 N–H and O–H groups in total. The van der Waals surface area contributed by atoms with Crippen molar-refractivity contribution in [3.8, 4) is 0 Å². The first kappa shape index (κ1) is 19.5. The lowest BCUT2D eigenvalue weighted by Crippen LogP contribution is -2.32. The first-order valence-corrected chi connectivity index (χ1v) is 10.1. The Morgan fingerprint density at radius 3 is 1.56 bits per heavy atom. The van der Waals surface area contributed by atoms with Crippen LogP contribution in [0.4, 0.5) is 0 Å². The van der Waals surface area contributed by atoms with Gasteiger partial charge in [-0.15, -0.1) is 0 Å².